The van der Waals surface area contributed by atoms with Gasteiger partial charge in [-0.1, -0.05) is 18.2 Å². The van der Waals surface area contributed by atoms with E-state index in [1.807, 2.05) is 12.1 Å². The van der Waals surface area contributed by atoms with Gasteiger partial charge in [0.25, 0.3) is 0 Å². The van der Waals surface area contributed by atoms with Crippen molar-refractivity contribution in [2.75, 3.05) is 26.8 Å². The molecule has 2 atom stereocenters. The molecule has 5 heteroatoms. The van der Waals surface area contributed by atoms with Crippen molar-refractivity contribution >= 4 is 5.96 Å². The number of halogens is 1. The van der Waals surface area contributed by atoms with Crippen molar-refractivity contribution in [1.82, 2.24) is 10.6 Å². The highest BCUT2D eigenvalue weighted by molar-refractivity contribution is 5.80. The molecule has 2 N–H and O–H groups in total. The molecule has 0 heterocycles. The van der Waals surface area contributed by atoms with Crippen LogP contribution in [0.25, 0.3) is 0 Å². The molecule has 23 heavy (non-hydrogen) atoms. The smallest absolute Gasteiger partial charge is 0.191 e. The molecule has 0 saturated heterocycles. The van der Waals surface area contributed by atoms with Crippen LogP contribution < -0.4 is 10.6 Å². The number of benzene rings is 1. The lowest BCUT2D eigenvalue weighted by Crippen LogP contribution is -2.39. The molecule has 1 aromatic rings. The van der Waals surface area contributed by atoms with E-state index >= 15 is 0 Å². The van der Waals surface area contributed by atoms with Crippen LogP contribution in [0.2, 0.25) is 0 Å². The Balaban J connectivity index is 1.33. The number of hydrogen-bond acceptors (Lipinski definition) is 2. The summed E-state index contributed by atoms with van der Waals surface area (Å²) in [5, 5.41) is 6.66. The lowest BCUT2D eigenvalue weighted by molar-refractivity contribution is 0.123. The minimum atomic E-state index is -0.113. The van der Waals surface area contributed by atoms with Crippen molar-refractivity contribution < 1.29 is 9.13 Å². The van der Waals surface area contributed by atoms with E-state index in [9.17, 15) is 4.39 Å². The van der Waals surface area contributed by atoms with Crippen molar-refractivity contribution in [3.05, 3.63) is 35.6 Å². The fourth-order valence-electron chi connectivity index (χ4n) is 2.76. The number of nitrogens with zero attached hydrogens (tertiary/aromatic N) is 1. The molecule has 2 aliphatic rings. The quantitative estimate of drug-likeness (QED) is 0.440. The van der Waals surface area contributed by atoms with Gasteiger partial charge in [0.15, 0.2) is 5.96 Å². The highest BCUT2D eigenvalue weighted by Gasteiger charge is 2.40. The Morgan fingerprint density at radius 2 is 2.17 bits per heavy atom. The second-order valence-electron chi connectivity index (χ2n) is 6.49. The summed E-state index contributed by atoms with van der Waals surface area (Å²) < 4.78 is 19.4. The van der Waals surface area contributed by atoms with Crippen LogP contribution in [0.3, 0.4) is 0 Å². The molecule has 2 fully saturated rings. The molecule has 2 aliphatic carbocycles. The van der Waals surface area contributed by atoms with Crippen LogP contribution in [0.1, 0.15) is 37.2 Å². The summed E-state index contributed by atoms with van der Waals surface area (Å²) >= 11 is 0. The van der Waals surface area contributed by atoms with Gasteiger partial charge in [-0.05, 0) is 43.2 Å². The van der Waals surface area contributed by atoms with Gasteiger partial charge in [-0.2, -0.15) is 0 Å². The molecule has 2 unspecified atom stereocenters. The van der Waals surface area contributed by atoms with Crippen molar-refractivity contribution in [3.8, 4) is 0 Å². The molecule has 0 radical (unpaired) electrons. The van der Waals surface area contributed by atoms with Crippen molar-refractivity contribution in [3.63, 3.8) is 0 Å². The minimum Gasteiger partial charge on any atom is -0.381 e. The molecule has 126 valence electrons. The van der Waals surface area contributed by atoms with Crippen molar-refractivity contribution in [1.29, 1.82) is 0 Å². The van der Waals surface area contributed by atoms with Gasteiger partial charge in [0, 0.05) is 38.8 Å². The minimum absolute atomic E-state index is 0.113. The van der Waals surface area contributed by atoms with E-state index < -0.39 is 0 Å². The normalized spacial score (nSPS) is 23.7. The van der Waals surface area contributed by atoms with E-state index in [1.165, 1.54) is 18.9 Å². The largest absolute Gasteiger partial charge is 0.381 e. The summed E-state index contributed by atoms with van der Waals surface area (Å²) in [4.78, 5) is 4.23. The monoisotopic (exact) mass is 319 g/mol. The number of hydrogen-bond donors (Lipinski definition) is 2. The maximum absolute atomic E-state index is 13.8. The molecular weight excluding hydrogens is 293 g/mol. The van der Waals surface area contributed by atoms with E-state index in [-0.39, 0.29) is 17.8 Å². The van der Waals surface area contributed by atoms with E-state index in [4.69, 9.17) is 4.74 Å². The van der Waals surface area contributed by atoms with Gasteiger partial charge in [-0.3, -0.25) is 4.99 Å². The standard InChI is InChI=1S/C18H26FN3O/c1-20-18(21-9-4-10-23-12-13-7-8-13)22-17-11-15(17)14-5-2-3-6-16(14)19/h2-3,5-6,13,15,17H,4,7-12H2,1H3,(H2,20,21,22). The summed E-state index contributed by atoms with van der Waals surface area (Å²) in [6.07, 6.45) is 4.58. The lowest BCUT2D eigenvalue weighted by Gasteiger charge is -2.12. The number of rotatable bonds is 8. The Morgan fingerprint density at radius 1 is 1.35 bits per heavy atom. The second-order valence-corrected chi connectivity index (χ2v) is 6.49. The Morgan fingerprint density at radius 3 is 2.91 bits per heavy atom. The number of guanidine groups is 1. The average molecular weight is 319 g/mol. The fraction of sp³-hybridized carbons (Fsp3) is 0.611. The van der Waals surface area contributed by atoms with Crippen LogP contribution in [0.4, 0.5) is 4.39 Å². The maximum atomic E-state index is 13.8. The van der Waals surface area contributed by atoms with Gasteiger partial charge in [-0.25, -0.2) is 4.39 Å². The highest BCUT2D eigenvalue weighted by atomic mass is 19.1. The van der Waals surface area contributed by atoms with E-state index in [2.05, 4.69) is 15.6 Å². The molecule has 2 saturated carbocycles. The second kappa shape index (κ2) is 7.77. The first-order valence-corrected chi connectivity index (χ1v) is 8.57. The predicted molar refractivity (Wildman–Crippen MR) is 90.2 cm³/mol. The third-order valence-electron chi connectivity index (χ3n) is 4.45. The maximum Gasteiger partial charge on any atom is 0.191 e. The number of nitrogens with one attached hydrogen (secondary N) is 2. The van der Waals surface area contributed by atoms with Gasteiger partial charge < -0.3 is 15.4 Å². The van der Waals surface area contributed by atoms with Crippen LogP contribution in [-0.4, -0.2) is 38.8 Å². The Hall–Kier alpha value is -1.62. The Bertz CT molecular complexity index is 545. The van der Waals surface area contributed by atoms with Crippen molar-refractivity contribution in [2.24, 2.45) is 10.9 Å². The van der Waals surface area contributed by atoms with Gasteiger partial charge in [0.05, 0.1) is 0 Å². The summed E-state index contributed by atoms with van der Waals surface area (Å²) in [6.45, 7) is 2.54. The fourth-order valence-corrected chi connectivity index (χ4v) is 2.76. The summed E-state index contributed by atoms with van der Waals surface area (Å²) in [5.41, 5.74) is 0.800. The predicted octanol–water partition coefficient (Wildman–Crippen LogP) is 2.66. The van der Waals surface area contributed by atoms with Gasteiger partial charge >= 0.3 is 0 Å². The molecule has 0 bridgehead atoms. The van der Waals surface area contributed by atoms with Gasteiger partial charge in [-0.15, -0.1) is 0 Å². The first-order chi connectivity index (χ1) is 11.3. The third-order valence-corrected chi connectivity index (χ3v) is 4.45. The molecule has 3 rings (SSSR count). The summed E-state index contributed by atoms with van der Waals surface area (Å²) in [7, 11) is 1.76. The Kier molecular flexibility index (Phi) is 5.49. The SMILES string of the molecule is CN=C(NCCCOCC1CC1)NC1CC1c1ccccc1F. The third kappa shape index (κ3) is 4.93. The van der Waals surface area contributed by atoms with Crippen LogP contribution in [0, 0.1) is 11.7 Å². The zero-order chi connectivity index (χ0) is 16.1. The Labute approximate surface area is 137 Å². The number of ether oxygens (including phenoxy) is 1. The molecule has 1 aromatic carbocycles. The molecular formula is C18H26FN3O. The van der Waals surface area contributed by atoms with E-state index in [0.717, 1.165) is 50.0 Å². The average Bonchev–Trinajstić information content (AvgIpc) is 3.46. The molecule has 0 spiro atoms. The van der Waals surface area contributed by atoms with Gasteiger partial charge in [0.2, 0.25) is 0 Å². The zero-order valence-electron chi connectivity index (χ0n) is 13.7. The zero-order valence-corrected chi connectivity index (χ0v) is 13.7. The number of aliphatic imine (C=N–C) groups is 1. The summed E-state index contributed by atoms with van der Waals surface area (Å²) in [6, 6.07) is 7.29. The molecule has 4 nitrogen and oxygen atoms in total. The van der Waals surface area contributed by atoms with Crippen molar-refractivity contribution in [2.45, 2.75) is 37.6 Å². The van der Waals surface area contributed by atoms with Crippen LogP contribution >= 0.6 is 0 Å². The van der Waals surface area contributed by atoms with Crippen LogP contribution in [-0.2, 0) is 4.74 Å². The first kappa shape index (κ1) is 16.2. The van der Waals surface area contributed by atoms with E-state index in [1.54, 1.807) is 13.1 Å². The first-order valence-electron chi connectivity index (χ1n) is 8.57. The molecule has 0 aliphatic heterocycles. The molecule has 0 aromatic heterocycles. The molecule has 0 amide bonds. The topological polar surface area (TPSA) is 45.7 Å². The van der Waals surface area contributed by atoms with Crippen LogP contribution in [0.5, 0.6) is 0 Å². The van der Waals surface area contributed by atoms with E-state index in [0.29, 0.717) is 0 Å². The highest BCUT2D eigenvalue weighted by Crippen LogP contribution is 2.41. The lowest BCUT2D eigenvalue weighted by atomic mass is 10.1. The summed E-state index contributed by atoms with van der Waals surface area (Å²) in [5.74, 6) is 1.74. The van der Waals surface area contributed by atoms with Gasteiger partial charge in [0.1, 0.15) is 5.82 Å². The van der Waals surface area contributed by atoms with Crippen LogP contribution in [0.15, 0.2) is 29.3 Å².